The van der Waals surface area contributed by atoms with E-state index in [0.717, 1.165) is 13.1 Å². The molecule has 0 bridgehead atoms. The first-order valence-corrected chi connectivity index (χ1v) is 4.23. The Balaban J connectivity index is 2.77. The summed E-state index contributed by atoms with van der Waals surface area (Å²) < 4.78 is 0. The first-order chi connectivity index (χ1) is 4.77. The van der Waals surface area contributed by atoms with Crippen LogP contribution in [0.5, 0.6) is 0 Å². The normalized spacial score (nSPS) is 13.5. The molecule has 2 heteroatoms. The first kappa shape index (κ1) is 9.92. The predicted octanol–water partition coefficient (Wildman–Crippen LogP) is 1.11. The fourth-order valence-electron chi connectivity index (χ4n) is 0.830. The van der Waals surface area contributed by atoms with Crippen molar-refractivity contribution in [2.24, 2.45) is 5.73 Å². The van der Waals surface area contributed by atoms with Crippen molar-refractivity contribution in [1.29, 1.82) is 0 Å². The van der Waals surface area contributed by atoms with Gasteiger partial charge >= 0.3 is 0 Å². The Morgan fingerprint density at radius 1 is 1.40 bits per heavy atom. The zero-order chi connectivity index (χ0) is 7.82. The van der Waals surface area contributed by atoms with E-state index in [1.54, 1.807) is 0 Å². The van der Waals surface area contributed by atoms with E-state index < -0.39 is 0 Å². The Hall–Kier alpha value is -0.0800. The molecule has 0 aliphatic heterocycles. The number of unbranched alkanes of at least 4 members (excludes halogenated alkanes) is 2. The molecule has 0 spiro atoms. The van der Waals surface area contributed by atoms with Crippen molar-refractivity contribution < 1.29 is 0 Å². The lowest BCUT2D eigenvalue weighted by Gasteiger charge is -2.05. The zero-order valence-electron chi connectivity index (χ0n) is 7.19. The average molecular weight is 144 g/mol. The van der Waals surface area contributed by atoms with Gasteiger partial charge in [0.2, 0.25) is 0 Å². The standard InChI is InChI=1S/C8H20N2/c1-3-4-5-6-10-7-8(2)9/h8,10H,3-7,9H2,1-2H3. The maximum atomic E-state index is 5.54. The molecule has 0 aromatic rings. The van der Waals surface area contributed by atoms with Gasteiger partial charge in [0.05, 0.1) is 0 Å². The Morgan fingerprint density at radius 3 is 2.60 bits per heavy atom. The summed E-state index contributed by atoms with van der Waals surface area (Å²) in [6.07, 6.45) is 3.90. The van der Waals surface area contributed by atoms with Gasteiger partial charge in [0.15, 0.2) is 0 Å². The van der Waals surface area contributed by atoms with Crippen LogP contribution in [0.3, 0.4) is 0 Å². The summed E-state index contributed by atoms with van der Waals surface area (Å²) in [5.74, 6) is 0. The largest absolute Gasteiger partial charge is 0.327 e. The molecule has 0 aromatic carbocycles. The van der Waals surface area contributed by atoms with Crippen molar-refractivity contribution in [3.8, 4) is 0 Å². The van der Waals surface area contributed by atoms with Crippen molar-refractivity contribution in [1.82, 2.24) is 5.32 Å². The highest BCUT2D eigenvalue weighted by atomic mass is 14.9. The first-order valence-electron chi connectivity index (χ1n) is 4.23. The molecule has 0 rings (SSSR count). The highest BCUT2D eigenvalue weighted by Gasteiger charge is 1.90. The van der Waals surface area contributed by atoms with Gasteiger partial charge in [0.1, 0.15) is 0 Å². The quantitative estimate of drug-likeness (QED) is 0.548. The number of hydrogen-bond donors (Lipinski definition) is 2. The summed E-state index contributed by atoms with van der Waals surface area (Å²) in [4.78, 5) is 0. The molecular weight excluding hydrogens is 124 g/mol. The lowest BCUT2D eigenvalue weighted by atomic mass is 10.2. The topological polar surface area (TPSA) is 38.0 Å². The number of nitrogens with one attached hydrogen (secondary N) is 1. The number of nitrogens with two attached hydrogens (primary N) is 1. The smallest absolute Gasteiger partial charge is 0.0136 e. The maximum Gasteiger partial charge on any atom is 0.0136 e. The van der Waals surface area contributed by atoms with Crippen LogP contribution in [0.15, 0.2) is 0 Å². The third-order valence-electron chi connectivity index (χ3n) is 1.42. The summed E-state index contributed by atoms with van der Waals surface area (Å²) in [6, 6.07) is 0.293. The maximum absolute atomic E-state index is 5.54. The number of rotatable bonds is 6. The van der Waals surface area contributed by atoms with E-state index in [2.05, 4.69) is 12.2 Å². The van der Waals surface area contributed by atoms with E-state index in [1.807, 2.05) is 6.92 Å². The lowest BCUT2D eigenvalue weighted by Crippen LogP contribution is -2.31. The minimum atomic E-state index is 0.293. The minimum Gasteiger partial charge on any atom is -0.327 e. The SMILES string of the molecule is CCCCCNCC(C)N. The Bertz CT molecular complexity index is 62.3. The Labute approximate surface area is 64.2 Å². The molecule has 3 N–H and O–H groups in total. The van der Waals surface area contributed by atoms with Crippen LogP contribution in [0.2, 0.25) is 0 Å². The van der Waals surface area contributed by atoms with Crippen molar-refractivity contribution in [2.45, 2.75) is 39.2 Å². The van der Waals surface area contributed by atoms with Crippen LogP contribution in [0, 0.1) is 0 Å². The van der Waals surface area contributed by atoms with Crippen LogP contribution in [-0.2, 0) is 0 Å². The van der Waals surface area contributed by atoms with Crippen molar-refractivity contribution in [3.63, 3.8) is 0 Å². The molecule has 0 saturated carbocycles. The highest BCUT2D eigenvalue weighted by molar-refractivity contribution is 4.56. The molecule has 0 saturated heterocycles. The molecule has 0 amide bonds. The van der Waals surface area contributed by atoms with Gasteiger partial charge in [-0.2, -0.15) is 0 Å². The predicted molar refractivity (Wildman–Crippen MR) is 46.0 cm³/mol. The van der Waals surface area contributed by atoms with Gasteiger partial charge in [0.25, 0.3) is 0 Å². The van der Waals surface area contributed by atoms with Crippen molar-refractivity contribution in [2.75, 3.05) is 13.1 Å². The van der Waals surface area contributed by atoms with Crippen LogP contribution in [0.4, 0.5) is 0 Å². The van der Waals surface area contributed by atoms with Crippen LogP contribution in [0.1, 0.15) is 33.1 Å². The molecule has 10 heavy (non-hydrogen) atoms. The molecule has 0 aliphatic rings. The molecule has 0 radical (unpaired) electrons. The fourth-order valence-corrected chi connectivity index (χ4v) is 0.830. The molecule has 1 unspecified atom stereocenters. The molecule has 0 aliphatic carbocycles. The van der Waals surface area contributed by atoms with Crippen LogP contribution >= 0.6 is 0 Å². The zero-order valence-corrected chi connectivity index (χ0v) is 7.19. The van der Waals surface area contributed by atoms with Gasteiger partial charge in [-0.1, -0.05) is 19.8 Å². The van der Waals surface area contributed by atoms with Crippen molar-refractivity contribution >= 4 is 0 Å². The Morgan fingerprint density at radius 2 is 2.10 bits per heavy atom. The van der Waals surface area contributed by atoms with Crippen LogP contribution in [-0.4, -0.2) is 19.1 Å². The van der Waals surface area contributed by atoms with Gasteiger partial charge in [-0.25, -0.2) is 0 Å². The fraction of sp³-hybridized carbons (Fsp3) is 1.00. The summed E-state index contributed by atoms with van der Waals surface area (Å²) in [7, 11) is 0. The molecule has 0 fully saturated rings. The van der Waals surface area contributed by atoms with E-state index in [-0.39, 0.29) is 0 Å². The number of hydrogen-bond acceptors (Lipinski definition) is 2. The van der Waals surface area contributed by atoms with E-state index in [1.165, 1.54) is 19.3 Å². The van der Waals surface area contributed by atoms with Crippen LogP contribution < -0.4 is 11.1 Å². The second-order valence-electron chi connectivity index (χ2n) is 2.89. The molecule has 2 nitrogen and oxygen atoms in total. The van der Waals surface area contributed by atoms with Crippen molar-refractivity contribution in [3.05, 3.63) is 0 Å². The van der Waals surface area contributed by atoms with Gasteiger partial charge in [-0.05, 0) is 19.9 Å². The van der Waals surface area contributed by atoms with E-state index in [9.17, 15) is 0 Å². The average Bonchev–Trinajstić information content (AvgIpc) is 1.87. The molecule has 0 aromatic heterocycles. The second-order valence-corrected chi connectivity index (χ2v) is 2.89. The van der Waals surface area contributed by atoms with Gasteiger partial charge in [-0.15, -0.1) is 0 Å². The third-order valence-corrected chi connectivity index (χ3v) is 1.42. The van der Waals surface area contributed by atoms with Gasteiger partial charge in [0, 0.05) is 12.6 Å². The molecule has 0 heterocycles. The minimum absolute atomic E-state index is 0.293. The summed E-state index contributed by atoms with van der Waals surface area (Å²) in [6.45, 7) is 6.30. The van der Waals surface area contributed by atoms with Crippen LogP contribution in [0.25, 0.3) is 0 Å². The van der Waals surface area contributed by atoms with Gasteiger partial charge < -0.3 is 11.1 Å². The monoisotopic (exact) mass is 144 g/mol. The van der Waals surface area contributed by atoms with Gasteiger partial charge in [-0.3, -0.25) is 0 Å². The summed E-state index contributed by atoms with van der Waals surface area (Å²) in [5.41, 5.74) is 5.54. The molecule has 62 valence electrons. The van der Waals surface area contributed by atoms with E-state index in [4.69, 9.17) is 5.73 Å². The highest BCUT2D eigenvalue weighted by Crippen LogP contribution is 1.90. The summed E-state index contributed by atoms with van der Waals surface area (Å²) >= 11 is 0. The third kappa shape index (κ3) is 7.92. The second kappa shape index (κ2) is 7.03. The lowest BCUT2D eigenvalue weighted by molar-refractivity contribution is 0.575. The van der Waals surface area contributed by atoms with E-state index in [0.29, 0.717) is 6.04 Å². The molecular formula is C8H20N2. The summed E-state index contributed by atoms with van der Waals surface area (Å²) in [5, 5.41) is 3.29. The van der Waals surface area contributed by atoms with E-state index >= 15 is 0 Å². The Kier molecular flexibility index (Phi) is 6.98. The molecule has 1 atom stereocenters.